The lowest BCUT2D eigenvalue weighted by Gasteiger charge is -2.08. The minimum atomic E-state index is -0.0229. The summed E-state index contributed by atoms with van der Waals surface area (Å²) in [6, 6.07) is 1.75. The highest BCUT2D eigenvalue weighted by Gasteiger charge is 2.01. The summed E-state index contributed by atoms with van der Waals surface area (Å²) in [4.78, 5) is 3.93. The van der Waals surface area contributed by atoms with E-state index < -0.39 is 0 Å². The average molecular weight is 193 g/mol. The number of pyridine rings is 1. The summed E-state index contributed by atoms with van der Waals surface area (Å²) in [5, 5.41) is 9.00. The molecule has 0 amide bonds. The largest absolute Gasteiger partial charge is 0.491 e. The first kappa shape index (κ1) is 10.7. The van der Waals surface area contributed by atoms with Crippen LogP contribution >= 0.6 is 0 Å². The highest BCUT2D eigenvalue weighted by atomic mass is 16.5. The zero-order chi connectivity index (χ0) is 10.4. The van der Waals surface area contributed by atoms with Gasteiger partial charge in [-0.1, -0.05) is 5.57 Å². The minimum absolute atomic E-state index is 0.0229. The summed E-state index contributed by atoms with van der Waals surface area (Å²) in [6.45, 7) is 6.30. The van der Waals surface area contributed by atoms with Crippen molar-refractivity contribution >= 4 is 0 Å². The van der Waals surface area contributed by atoms with Gasteiger partial charge in [0.05, 0.1) is 19.4 Å². The molecular formula is C11H15NO2. The first-order chi connectivity index (χ1) is 6.74. The van der Waals surface area contributed by atoms with E-state index in [-0.39, 0.29) is 6.61 Å². The van der Waals surface area contributed by atoms with Crippen LogP contribution in [0.15, 0.2) is 30.6 Å². The monoisotopic (exact) mass is 193 g/mol. The number of ether oxygens (including phenoxy) is 1. The van der Waals surface area contributed by atoms with Crippen LogP contribution in [0.4, 0.5) is 0 Å². The predicted octanol–water partition coefficient (Wildman–Crippen LogP) is 1.92. The number of rotatable bonds is 5. The van der Waals surface area contributed by atoms with E-state index >= 15 is 0 Å². The molecule has 1 heterocycles. The van der Waals surface area contributed by atoms with Crippen molar-refractivity contribution in [3.8, 4) is 5.75 Å². The quantitative estimate of drug-likeness (QED) is 0.726. The molecule has 0 saturated heterocycles. The lowest BCUT2D eigenvalue weighted by molar-refractivity contribution is 0.263. The SMILES string of the molecule is C=C(C)CCOc1cnccc1CO. The molecule has 0 aliphatic carbocycles. The maximum absolute atomic E-state index is 9.00. The van der Waals surface area contributed by atoms with Gasteiger partial charge < -0.3 is 9.84 Å². The van der Waals surface area contributed by atoms with Crippen molar-refractivity contribution in [2.75, 3.05) is 6.61 Å². The van der Waals surface area contributed by atoms with Crippen LogP contribution in [-0.4, -0.2) is 16.7 Å². The van der Waals surface area contributed by atoms with E-state index in [1.54, 1.807) is 18.5 Å². The Bertz CT molecular complexity index is 310. The number of nitrogens with zero attached hydrogens (tertiary/aromatic N) is 1. The van der Waals surface area contributed by atoms with Gasteiger partial charge in [0.2, 0.25) is 0 Å². The molecule has 0 unspecified atom stereocenters. The van der Waals surface area contributed by atoms with Gasteiger partial charge in [-0.05, 0) is 13.0 Å². The Labute approximate surface area is 84.1 Å². The van der Waals surface area contributed by atoms with Gasteiger partial charge in [0.25, 0.3) is 0 Å². The molecule has 76 valence electrons. The second-order valence-corrected chi connectivity index (χ2v) is 3.20. The Morgan fingerprint density at radius 1 is 1.64 bits per heavy atom. The van der Waals surface area contributed by atoms with Crippen LogP contribution in [0.1, 0.15) is 18.9 Å². The molecule has 0 atom stereocenters. The van der Waals surface area contributed by atoms with Crippen molar-refractivity contribution in [3.05, 3.63) is 36.2 Å². The Hall–Kier alpha value is -1.35. The molecule has 0 saturated carbocycles. The molecule has 0 fully saturated rings. The molecule has 0 aliphatic heterocycles. The van der Waals surface area contributed by atoms with E-state index in [1.807, 2.05) is 6.92 Å². The molecule has 14 heavy (non-hydrogen) atoms. The average Bonchev–Trinajstić information content (AvgIpc) is 2.18. The van der Waals surface area contributed by atoms with Crippen LogP contribution in [0.3, 0.4) is 0 Å². The van der Waals surface area contributed by atoms with Crippen LogP contribution < -0.4 is 4.74 Å². The summed E-state index contributed by atoms with van der Waals surface area (Å²) in [5.74, 6) is 0.649. The molecule has 0 bridgehead atoms. The second-order valence-electron chi connectivity index (χ2n) is 3.20. The van der Waals surface area contributed by atoms with Crippen LogP contribution in [0.2, 0.25) is 0 Å². The topological polar surface area (TPSA) is 42.4 Å². The molecule has 1 aromatic rings. The summed E-state index contributed by atoms with van der Waals surface area (Å²) in [7, 11) is 0. The fraction of sp³-hybridized carbons (Fsp3) is 0.364. The standard InChI is InChI=1S/C11H15NO2/c1-9(2)4-6-14-11-7-12-5-3-10(11)8-13/h3,5,7,13H,1,4,6,8H2,2H3. The summed E-state index contributed by atoms with van der Waals surface area (Å²) in [6.07, 6.45) is 4.07. The number of hydrogen-bond donors (Lipinski definition) is 1. The van der Waals surface area contributed by atoms with Crippen molar-refractivity contribution in [3.63, 3.8) is 0 Å². The molecule has 0 spiro atoms. The molecule has 0 radical (unpaired) electrons. The maximum atomic E-state index is 9.00. The lowest BCUT2D eigenvalue weighted by Crippen LogP contribution is -2.01. The van der Waals surface area contributed by atoms with Crippen LogP contribution in [0.25, 0.3) is 0 Å². The number of aliphatic hydroxyl groups is 1. The minimum Gasteiger partial charge on any atom is -0.491 e. The van der Waals surface area contributed by atoms with E-state index in [9.17, 15) is 0 Å². The van der Waals surface area contributed by atoms with Crippen molar-refractivity contribution in [2.45, 2.75) is 20.0 Å². The van der Waals surface area contributed by atoms with Gasteiger partial charge in [-0.2, -0.15) is 0 Å². The summed E-state index contributed by atoms with van der Waals surface area (Å²) >= 11 is 0. The highest BCUT2D eigenvalue weighted by molar-refractivity contribution is 5.28. The third-order valence-electron chi connectivity index (χ3n) is 1.83. The maximum Gasteiger partial charge on any atom is 0.143 e. The van der Waals surface area contributed by atoms with Gasteiger partial charge in [-0.15, -0.1) is 6.58 Å². The van der Waals surface area contributed by atoms with Crippen LogP contribution in [0.5, 0.6) is 5.75 Å². The predicted molar refractivity (Wildman–Crippen MR) is 55.1 cm³/mol. The lowest BCUT2D eigenvalue weighted by atomic mass is 10.2. The zero-order valence-electron chi connectivity index (χ0n) is 8.36. The van der Waals surface area contributed by atoms with Crippen molar-refractivity contribution < 1.29 is 9.84 Å². The highest BCUT2D eigenvalue weighted by Crippen LogP contribution is 2.16. The van der Waals surface area contributed by atoms with E-state index in [2.05, 4.69) is 11.6 Å². The zero-order valence-corrected chi connectivity index (χ0v) is 8.36. The van der Waals surface area contributed by atoms with Gasteiger partial charge >= 0.3 is 0 Å². The Kier molecular flexibility index (Phi) is 4.13. The fourth-order valence-corrected chi connectivity index (χ4v) is 1.00. The summed E-state index contributed by atoms with van der Waals surface area (Å²) in [5.41, 5.74) is 1.85. The molecule has 0 aliphatic rings. The smallest absolute Gasteiger partial charge is 0.143 e. The van der Waals surface area contributed by atoms with Gasteiger partial charge in [0, 0.05) is 18.2 Å². The van der Waals surface area contributed by atoms with Crippen molar-refractivity contribution in [2.24, 2.45) is 0 Å². The van der Waals surface area contributed by atoms with Gasteiger partial charge in [-0.25, -0.2) is 0 Å². The Balaban J connectivity index is 2.53. The van der Waals surface area contributed by atoms with E-state index in [0.717, 1.165) is 17.6 Å². The fourth-order valence-electron chi connectivity index (χ4n) is 1.00. The van der Waals surface area contributed by atoms with Gasteiger partial charge in [0.1, 0.15) is 5.75 Å². The number of aromatic nitrogens is 1. The first-order valence-electron chi connectivity index (χ1n) is 4.55. The molecule has 1 N–H and O–H groups in total. The van der Waals surface area contributed by atoms with Gasteiger partial charge in [-0.3, -0.25) is 4.98 Å². The Morgan fingerprint density at radius 2 is 2.43 bits per heavy atom. The van der Waals surface area contributed by atoms with E-state index in [1.165, 1.54) is 0 Å². The normalized spacial score (nSPS) is 9.86. The number of aliphatic hydroxyl groups excluding tert-OH is 1. The van der Waals surface area contributed by atoms with E-state index in [0.29, 0.717) is 12.4 Å². The molecule has 1 rings (SSSR count). The molecule has 3 heteroatoms. The number of hydrogen-bond acceptors (Lipinski definition) is 3. The van der Waals surface area contributed by atoms with Crippen molar-refractivity contribution in [1.29, 1.82) is 0 Å². The molecule has 3 nitrogen and oxygen atoms in total. The summed E-state index contributed by atoms with van der Waals surface area (Å²) < 4.78 is 5.46. The van der Waals surface area contributed by atoms with Crippen LogP contribution in [0, 0.1) is 0 Å². The second kappa shape index (κ2) is 5.40. The third-order valence-corrected chi connectivity index (χ3v) is 1.83. The molecule has 0 aromatic carbocycles. The van der Waals surface area contributed by atoms with E-state index in [4.69, 9.17) is 9.84 Å². The molecular weight excluding hydrogens is 178 g/mol. The molecule has 1 aromatic heterocycles. The Morgan fingerprint density at radius 3 is 3.07 bits per heavy atom. The van der Waals surface area contributed by atoms with Gasteiger partial charge in [0.15, 0.2) is 0 Å². The first-order valence-corrected chi connectivity index (χ1v) is 4.55. The van der Waals surface area contributed by atoms with Crippen LogP contribution in [-0.2, 0) is 6.61 Å². The van der Waals surface area contributed by atoms with Crippen molar-refractivity contribution in [1.82, 2.24) is 4.98 Å². The third kappa shape index (κ3) is 3.18.